The summed E-state index contributed by atoms with van der Waals surface area (Å²) < 4.78 is 4.87. The van der Waals surface area contributed by atoms with Gasteiger partial charge >= 0.3 is 5.97 Å². The van der Waals surface area contributed by atoms with E-state index in [2.05, 4.69) is 10.6 Å². The Morgan fingerprint density at radius 3 is 2.37 bits per heavy atom. The summed E-state index contributed by atoms with van der Waals surface area (Å²) in [6.07, 6.45) is 4.78. The summed E-state index contributed by atoms with van der Waals surface area (Å²) in [7, 11) is 3.90. The van der Waals surface area contributed by atoms with E-state index in [1.807, 2.05) is 67.5 Å². The molecule has 2 N–H and O–H groups in total. The number of anilines is 2. The van der Waals surface area contributed by atoms with Crippen molar-refractivity contribution in [1.82, 2.24) is 5.32 Å². The molecule has 8 heteroatoms. The van der Waals surface area contributed by atoms with Gasteiger partial charge in [0.15, 0.2) is 0 Å². The van der Waals surface area contributed by atoms with Crippen LogP contribution in [0.4, 0.5) is 11.4 Å². The van der Waals surface area contributed by atoms with Crippen LogP contribution in [0.1, 0.15) is 22.8 Å². The fourth-order valence-corrected chi connectivity index (χ4v) is 4.09. The van der Waals surface area contributed by atoms with Crippen molar-refractivity contribution < 1.29 is 19.1 Å². The number of hydrogen-bond donors (Lipinski definition) is 2. The highest BCUT2D eigenvalue weighted by Gasteiger charge is 2.15. The number of thioether (sulfide) groups is 1. The van der Waals surface area contributed by atoms with Crippen LogP contribution in [-0.4, -0.2) is 44.2 Å². The Kier molecular flexibility index (Phi) is 10.7. The van der Waals surface area contributed by atoms with Crippen LogP contribution in [0.2, 0.25) is 0 Å². The van der Waals surface area contributed by atoms with Crippen LogP contribution < -0.4 is 15.5 Å². The maximum Gasteiger partial charge on any atom is 0.330 e. The minimum absolute atomic E-state index is 0.117. The van der Waals surface area contributed by atoms with Gasteiger partial charge in [0.05, 0.1) is 6.61 Å². The van der Waals surface area contributed by atoms with E-state index in [1.165, 1.54) is 17.8 Å². The first-order chi connectivity index (χ1) is 18.4. The lowest BCUT2D eigenvalue weighted by Crippen LogP contribution is -2.30. The number of amides is 2. The fraction of sp³-hybridized carbons (Fsp3) is 0.167. The summed E-state index contributed by atoms with van der Waals surface area (Å²) in [5.41, 5.74) is 2.94. The van der Waals surface area contributed by atoms with Crippen molar-refractivity contribution in [3.63, 3.8) is 0 Å². The predicted octanol–water partition coefficient (Wildman–Crippen LogP) is 5.37. The maximum absolute atomic E-state index is 13.3. The second-order valence-electron chi connectivity index (χ2n) is 8.31. The van der Waals surface area contributed by atoms with Crippen LogP contribution in [0.3, 0.4) is 0 Å². The molecule has 0 radical (unpaired) electrons. The Morgan fingerprint density at radius 1 is 0.947 bits per heavy atom. The molecule has 3 rings (SSSR count). The molecule has 3 aromatic rings. The SMILES string of the molecule is CCOC(=O)/C=C/CSc1cccc(NC(=O)/C(=C\c2ccc(N(C)C)cc2)NC(=O)c2ccccc2)c1. The third-order valence-electron chi connectivity index (χ3n) is 5.23. The Hall–Kier alpha value is -4.30. The first-order valence-corrected chi connectivity index (χ1v) is 13.1. The van der Waals surface area contributed by atoms with Gasteiger partial charge in [-0.2, -0.15) is 0 Å². The molecule has 0 saturated carbocycles. The normalized spacial score (nSPS) is 11.2. The van der Waals surface area contributed by atoms with Crippen molar-refractivity contribution >= 4 is 47.0 Å². The molecular weight excluding hydrogens is 498 g/mol. The number of rotatable bonds is 11. The van der Waals surface area contributed by atoms with Crippen molar-refractivity contribution in [3.05, 3.63) is 108 Å². The van der Waals surface area contributed by atoms with Crippen LogP contribution in [0.5, 0.6) is 0 Å². The highest BCUT2D eigenvalue weighted by molar-refractivity contribution is 7.99. The van der Waals surface area contributed by atoms with Gasteiger partial charge in [-0.25, -0.2) is 4.79 Å². The van der Waals surface area contributed by atoms with Crippen molar-refractivity contribution in [3.8, 4) is 0 Å². The Balaban J connectivity index is 1.76. The molecular formula is C30H31N3O4S. The van der Waals surface area contributed by atoms with Crippen molar-refractivity contribution in [1.29, 1.82) is 0 Å². The van der Waals surface area contributed by atoms with E-state index in [9.17, 15) is 14.4 Å². The number of nitrogens with zero attached hydrogens (tertiary/aromatic N) is 1. The molecule has 0 aliphatic carbocycles. The molecule has 0 aliphatic heterocycles. The van der Waals surface area contributed by atoms with Gasteiger partial charge in [-0.15, -0.1) is 11.8 Å². The zero-order chi connectivity index (χ0) is 27.3. The van der Waals surface area contributed by atoms with Gasteiger partial charge in [0.1, 0.15) is 5.70 Å². The van der Waals surface area contributed by atoms with E-state index < -0.39 is 5.91 Å². The number of esters is 1. The van der Waals surface area contributed by atoms with Crippen LogP contribution in [-0.2, 0) is 14.3 Å². The molecule has 0 saturated heterocycles. The van der Waals surface area contributed by atoms with E-state index in [-0.39, 0.29) is 17.6 Å². The number of carbonyl (C=O) groups excluding carboxylic acids is 3. The second kappa shape index (κ2) is 14.4. The molecule has 2 amide bonds. The predicted molar refractivity (Wildman–Crippen MR) is 154 cm³/mol. The molecule has 0 aromatic heterocycles. The minimum Gasteiger partial charge on any atom is -0.463 e. The monoisotopic (exact) mass is 529 g/mol. The summed E-state index contributed by atoms with van der Waals surface area (Å²) in [5, 5.41) is 5.64. The minimum atomic E-state index is -0.449. The Labute approximate surface area is 227 Å². The summed E-state index contributed by atoms with van der Waals surface area (Å²) in [4.78, 5) is 40.5. The summed E-state index contributed by atoms with van der Waals surface area (Å²) in [6.45, 7) is 2.09. The zero-order valence-electron chi connectivity index (χ0n) is 21.6. The van der Waals surface area contributed by atoms with Crippen LogP contribution in [0.25, 0.3) is 6.08 Å². The summed E-state index contributed by atoms with van der Waals surface area (Å²) in [6, 6.07) is 23.8. The third-order valence-corrected chi connectivity index (χ3v) is 6.17. The quantitative estimate of drug-likeness (QED) is 0.197. The molecule has 196 valence electrons. The molecule has 0 bridgehead atoms. The average molecular weight is 530 g/mol. The molecule has 0 spiro atoms. The lowest BCUT2D eigenvalue weighted by Gasteiger charge is -2.13. The molecule has 38 heavy (non-hydrogen) atoms. The van der Waals surface area contributed by atoms with Crippen LogP contribution in [0.15, 0.2) is 102 Å². The van der Waals surface area contributed by atoms with E-state index in [4.69, 9.17) is 4.74 Å². The largest absolute Gasteiger partial charge is 0.463 e. The number of nitrogens with one attached hydrogen (secondary N) is 2. The average Bonchev–Trinajstić information content (AvgIpc) is 2.92. The van der Waals surface area contributed by atoms with E-state index in [0.29, 0.717) is 23.6 Å². The van der Waals surface area contributed by atoms with Crippen molar-refractivity contribution in [2.75, 3.05) is 36.7 Å². The molecule has 0 heterocycles. The maximum atomic E-state index is 13.3. The molecule has 0 aliphatic rings. The van der Waals surface area contributed by atoms with E-state index in [0.717, 1.165) is 16.1 Å². The smallest absolute Gasteiger partial charge is 0.330 e. The summed E-state index contributed by atoms with van der Waals surface area (Å²) in [5.74, 6) is -0.635. The van der Waals surface area contributed by atoms with Gasteiger partial charge in [-0.05, 0) is 61.0 Å². The van der Waals surface area contributed by atoms with Crippen LogP contribution >= 0.6 is 11.8 Å². The van der Waals surface area contributed by atoms with Crippen molar-refractivity contribution in [2.24, 2.45) is 0 Å². The number of benzene rings is 3. The van der Waals surface area contributed by atoms with Gasteiger partial charge in [0.25, 0.3) is 11.8 Å². The Morgan fingerprint density at radius 2 is 1.68 bits per heavy atom. The first kappa shape index (κ1) is 28.3. The van der Waals surface area contributed by atoms with Crippen molar-refractivity contribution in [2.45, 2.75) is 11.8 Å². The Bertz CT molecular complexity index is 1300. The highest BCUT2D eigenvalue weighted by atomic mass is 32.2. The number of carbonyl (C=O) groups is 3. The second-order valence-corrected chi connectivity index (χ2v) is 9.40. The molecule has 0 unspecified atom stereocenters. The first-order valence-electron chi connectivity index (χ1n) is 12.1. The van der Waals surface area contributed by atoms with Gasteiger partial charge in [0.2, 0.25) is 0 Å². The van der Waals surface area contributed by atoms with Crippen LogP contribution in [0, 0.1) is 0 Å². The topological polar surface area (TPSA) is 87.7 Å². The summed E-state index contributed by atoms with van der Waals surface area (Å²) >= 11 is 1.51. The van der Waals surface area contributed by atoms with Gasteiger partial charge in [-0.3, -0.25) is 9.59 Å². The molecule has 3 aromatic carbocycles. The van der Waals surface area contributed by atoms with E-state index in [1.54, 1.807) is 49.4 Å². The van der Waals surface area contributed by atoms with Gasteiger partial charge in [0, 0.05) is 47.8 Å². The number of hydrogen-bond acceptors (Lipinski definition) is 6. The highest BCUT2D eigenvalue weighted by Crippen LogP contribution is 2.22. The lowest BCUT2D eigenvalue weighted by molar-refractivity contribution is -0.137. The zero-order valence-corrected chi connectivity index (χ0v) is 22.5. The number of ether oxygens (including phenoxy) is 1. The fourth-order valence-electron chi connectivity index (χ4n) is 3.32. The molecule has 0 fully saturated rings. The van der Waals surface area contributed by atoms with Gasteiger partial charge in [-0.1, -0.05) is 42.5 Å². The lowest BCUT2D eigenvalue weighted by atomic mass is 10.1. The van der Waals surface area contributed by atoms with E-state index >= 15 is 0 Å². The van der Waals surface area contributed by atoms with Gasteiger partial charge < -0.3 is 20.3 Å². The standard InChI is InChI=1S/C30H31N3O4S/c1-4-37-28(34)14-9-19-38-26-13-8-12-24(21-26)31-30(36)27(32-29(35)23-10-6-5-7-11-23)20-22-15-17-25(18-16-22)33(2)3/h5-18,20-21H,4,19H2,1-3H3,(H,31,36)(H,32,35)/b14-9+,27-20+. The molecule has 0 atom stereocenters. The third kappa shape index (κ3) is 8.97. The molecule has 7 nitrogen and oxygen atoms in total.